The molecule has 2 N–H and O–H groups in total. The van der Waals surface area contributed by atoms with Crippen molar-refractivity contribution in [3.63, 3.8) is 0 Å². The molecule has 4 nitrogen and oxygen atoms in total. The Bertz CT molecular complexity index is 727. The van der Waals surface area contributed by atoms with Crippen LogP contribution in [0, 0.1) is 6.92 Å². The van der Waals surface area contributed by atoms with Crippen molar-refractivity contribution >= 4 is 33.4 Å². The van der Waals surface area contributed by atoms with E-state index in [0.29, 0.717) is 5.95 Å². The molecule has 0 spiro atoms. The average molecular weight is 387 g/mol. The highest BCUT2D eigenvalue weighted by atomic mass is 79.9. The van der Waals surface area contributed by atoms with Crippen LogP contribution in [0.1, 0.15) is 37.7 Å². The zero-order valence-electron chi connectivity index (χ0n) is 14.0. The first-order valence-electron chi connectivity index (χ1n) is 8.49. The van der Waals surface area contributed by atoms with Gasteiger partial charge in [-0.1, -0.05) is 17.7 Å². The number of allylic oxidation sites excluding steroid dienone is 1. The van der Waals surface area contributed by atoms with E-state index >= 15 is 0 Å². The molecule has 0 fully saturated rings. The highest BCUT2D eigenvalue weighted by Gasteiger charge is 2.05. The molecule has 0 aliphatic heterocycles. The Morgan fingerprint density at radius 3 is 2.92 bits per heavy atom. The largest absolute Gasteiger partial charge is 0.370 e. The highest BCUT2D eigenvalue weighted by Crippen LogP contribution is 2.26. The third-order valence-electron chi connectivity index (χ3n) is 4.16. The molecule has 1 aliphatic carbocycles. The summed E-state index contributed by atoms with van der Waals surface area (Å²) in [7, 11) is 0. The maximum Gasteiger partial charge on any atom is 0.229 e. The fourth-order valence-electron chi connectivity index (χ4n) is 2.84. The summed E-state index contributed by atoms with van der Waals surface area (Å²) in [5, 5.41) is 6.66. The van der Waals surface area contributed by atoms with Crippen molar-refractivity contribution in [3.8, 4) is 0 Å². The average Bonchev–Trinajstić information content (AvgIpc) is 2.59. The molecule has 5 heteroatoms. The van der Waals surface area contributed by atoms with Crippen LogP contribution >= 0.6 is 15.9 Å². The van der Waals surface area contributed by atoms with E-state index in [1.54, 1.807) is 11.8 Å². The smallest absolute Gasteiger partial charge is 0.229 e. The van der Waals surface area contributed by atoms with Gasteiger partial charge in [-0.25, -0.2) is 4.98 Å². The SMILES string of the molecule is Cc1ccc(Nc2nccc(NCCC3=CCCCC3)n2)c(Br)c1. The lowest BCUT2D eigenvalue weighted by molar-refractivity contribution is 0.679. The van der Waals surface area contributed by atoms with Gasteiger partial charge in [0.15, 0.2) is 0 Å². The van der Waals surface area contributed by atoms with Crippen LogP contribution in [0.2, 0.25) is 0 Å². The van der Waals surface area contributed by atoms with Crippen LogP contribution in [0.3, 0.4) is 0 Å². The molecule has 0 bridgehead atoms. The second-order valence-electron chi connectivity index (χ2n) is 6.16. The summed E-state index contributed by atoms with van der Waals surface area (Å²) in [4.78, 5) is 8.84. The predicted molar refractivity (Wildman–Crippen MR) is 104 cm³/mol. The van der Waals surface area contributed by atoms with Gasteiger partial charge in [0.1, 0.15) is 5.82 Å². The molecule has 126 valence electrons. The number of halogens is 1. The zero-order chi connectivity index (χ0) is 16.8. The van der Waals surface area contributed by atoms with Gasteiger partial charge >= 0.3 is 0 Å². The standard InChI is InChI=1S/C19H23BrN4/c1-14-7-8-17(16(20)13-14)23-19-22-12-10-18(24-19)21-11-9-15-5-3-2-4-6-15/h5,7-8,10,12-13H,2-4,6,9,11H2,1H3,(H2,21,22,23,24). The van der Waals surface area contributed by atoms with Crippen molar-refractivity contribution in [3.05, 3.63) is 52.1 Å². The molecule has 0 unspecified atom stereocenters. The van der Waals surface area contributed by atoms with Gasteiger partial charge in [-0.05, 0) is 78.7 Å². The molecule has 0 atom stereocenters. The minimum atomic E-state index is 0.599. The summed E-state index contributed by atoms with van der Waals surface area (Å²) in [6, 6.07) is 8.07. The lowest BCUT2D eigenvalue weighted by Crippen LogP contribution is -2.07. The van der Waals surface area contributed by atoms with Crippen molar-refractivity contribution in [2.45, 2.75) is 39.0 Å². The van der Waals surface area contributed by atoms with Crippen molar-refractivity contribution in [1.29, 1.82) is 0 Å². The van der Waals surface area contributed by atoms with Gasteiger partial charge in [0.25, 0.3) is 0 Å². The second-order valence-corrected chi connectivity index (χ2v) is 7.01. The predicted octanol–water partition coefficient (Wildman–Crippen LogP) is 5.59. The van der Waals surface area contributed by atoms with Gasteiger partial charge in [0, 0.05) is 17.2 Å². The third kappa shape index (κ3) is 4.81. The van der Waals surface area contributed by atoms with E-state index in [1.165, 1.54) is 31.2 Å². The number of benzene rings is 1. The van der Waals surface area contributed by atoms with Crippen molar-refractivity contribution < 1.29 is 0 Å². The monoisotopic (exact) mass is 386 g/mol. The Morgan fingerprint density at radius 1 is 1.21 bits per heavy atom. The van der Waals surface area contributed by atoms with E-state index in [1.807, 2.05) is 12.1 Å². The van der Waals surface area contributed by atoms with Crippen LogP contribution in [0.15, 0.2) is 46.6 Å². The van der Waals surface area contributed by atoms with E-state index < -0.39 is 0 Å². The molecule has 3 rings (SSSR count). The van der Waals surface area contributed by atoms with E-state index in [0.717, 1.165) is 28.9 Å². The normalized spacial score (nSPS) is 14.2. The van der Waals surface area contributed by atoms with E-state index in [4.69, 9.17) is 0 Å². The Morgan fingerprint density at radius 2 is 2.12 bits per heavy atom. The topological polar surface area (TPSA) is 49.8 Å². The Hall–Kier alpha value is -1.88. The van der Waals surface area contributed by atoms with Crippen LogP contribution in [0.4, 0.5) is 17.5 Å². The minimum absolute atomic E-state index is 0.599. The van der Waals surface area contributed by atoms with Crippen molar-refractivity contribution in [1.82, 2.24) is 9.97 Å². The molecule has 1 aliphatic rings. The summed E-state index contributed by atoms with van der Waals surface area (Å²) in [6.45, 7) is 2.98. The van der Waals surface area contributed by atoms with Crippen molar-refractivity contribution in [2.24, 2.45) is 0 Å². The first-order chi connectivity index (χ1) is 11.7. The summed E-state index contributed by atoms with van der Waals surface area (Å²) in [6.07, 6.45) is 10.4. The van der Waals surface area contributed by atoms with Gasteiger partial charge in [-0.2, -0.15) is 4.98 Å². The summed E-state index contributed by atoms with van der Waals surface area (Å²) in [5.74, 6) is 1.45. The van der Waals surface area contributed by atoms with Crippen molar-refractivity contribution in [2.75, 3.05) is 17.2 Å². The van der Waals surface area contributed by atoms with Gasteiger partial charge in [0.05, 0.1) is 5.69 Å². The van der Waals surface area contributed by atoms with Crippen LogP contribution < -0.4 is 10.6 Å². The molecule has 0 saturated heterocycles. The number of nitrogens with zero attached hydrogens (tertiary/aromatic N) is 2. The van der Waals surface area contributed by atoms with Crippen LogP contribution in [0.5, 0.6) is 0 Å². The number of aryl methyl sites for hydroxylation is 1. The van der Waals surface area contributed by atoms with E-state index in [9.17, 15) is 0 Å². The molecule has 24 heavy (non-hydrogen) atoms. The first-order valence-corrected chi connectivity index (χ1v) is 9.28. The minimum Gasteiger partial charge on any atom is -0.370 e. The summed E-state index contributed by atoms with van der Waals surface area (Å²) < 4.78 is 1.01. The van der Waals surface area contributed by atoms with Crippen LogP contribution in [0.25, 0.3) is 0 Å². The number of rotatable bonds is 6. The quantitative estimate of drug-likeness (QED) is 0.634. The van der Waals surface area contributed by atoms with Crippen LogP contribution in [-0.4, -0.2) is 16.5 Å². The van der Waals surface area contributed by atoms with Gasteiger partial charge in [0.2, 0.25) is 5.95 Å². The number of nitrogens with one attached hydrogen (secondary N) is 2. The van der Waals surface area contributed by atoms with Crippen LogP contribution in [-0.2, 0) is 0 Å². The Labute approximate surface area is 151 Å². The number of hydrogen-bond donors (Lipinski definition) is 2. The number of aromatic nitrogens is 2. The third-order valence-corrected chi connectivity index (χ3v) is 4.82. The molecule has 1 aromatic carbocycles. The molecule has 0 radical (unpaired) electrons. The first kappa shape index (κ1) is 17.0. The number of hydrogen-bond acceptors (Lipinski definition) is 4. The fourth-order valence-corrected chi connectivity index (χ4v) is 3.43. The van der Waals surface area contributed by atoms with Gasteiger partial charge in [-0.15, -0.1) is 0 Å². The molecular formula is C19H23BrN4. The fraction of sp³-hybridized carbons (Fsp3) is 0.368. The molecule has 0 amide bonds. The summed E-state index contributed by atoms with van der Waals surface area (Å²) >= 11 is 3.57. The molecule has 2 aromatic rings. The molecular weight excluding hydrogens is 364 g/mol. The number of anilines is 3. The van der Waals surface area contributed by atoms with E-state index in [-0.39, 0.29) is 0 Å². The highest BCUT2D eigenvalue weighted by molar-refractivity contribution is 9.10. The Balaban J connectivity index is 1.58. The maximum atomic E-state index is 4.54. The molecule has 1 aromatic heterocycles. The molecule has 1 heterocycles. The second kappa shape index (κ2) is 8.29. The van der Waals surface area contributed by atoms with E-state index in [2.05, 4.69) is 61.7 Å². The van der Waals surface area contributed by atoms with Gasteiger partial charge in [-0.3, -0.25) is 0 Å². The van der Waals surface area contributed by atoms with Gasteiger partial charge < -0.3 is 10.6 Å². The maximum absolute atomic E-state index is 4.54. The lowest BCUT2D eigenvalue weighted by atomic mass is 9.97. The molecule has 0 saturated carbocycles. The Kier molecular flexibility index (Phi) is 5.86. The lowest BCUT2D eigenvalue weighted by Gasteiger charge is -2.13. The zero-order valence-corrected chi connectivity index (χ0v) is 15.6. The summed E-state index contributed by atoms with van der Waals surface area (Å²) in [5.41, 5.74) is 3.75.